The van der Waals surface area contributed by atoms with E-state index in [-0.39, 0.29) is 17.5 Å². The van der Waals surface area contributed by atoms with Gasteiger partial charge in [-0.3, -0.25) is 4.79 Å². The van der Waals surface area contributed by atoms with Gasteiger partial charge in [0.15, 0.2) is 0 Å². The van der Waals surface area contributed by atoms with Crippen LogP contribution in [0.3, 0.4) is 0 Å². The van der Waals surface area contributed by atoms with Crippen LogP contribution in [-0.4, -0.2) is 36.1 Å². The third-order valence-electron chi connectivity index (χ3n) is 6.02. The Morgan fingerprint density at radius 2 is 1.71 bits per heavy atom. The first-order valence-electron chi connectivity index (χ1n) is 10.9. The summed E-state index contributed by atoms with van der Waals surface area (Å²) >= 11 is 0. The largest absolute Gasteiger partial charge is 0.357 e. The summed E-state index contributed by atoms with van der Waals surface area (Å²) in [5.74, 6) is 0.584. The number of benzene rings is 1. The molecular weight excluding hydrogens is 397 g/mol. The van der Waals surface area contributed by atoms with Crippen LogP contribution in [0.25, 0.3) is 0 Å². The molecule has 2 fully saturated rings. The summed E-state index contributed by atoms with van der Waals surface area (Å²) in [5.41, 5.74) is 0.632. The average molecular weight is 426 g/mol. The van der Waals surface area contributed by atoms with Gasteiger partial charge in [0.1, 0.15) is 11.6 Å². The van der Waals surface area contributed by atoms with E-state index in [0.29, 0.717) is 11.7 Å². The van der Waals surface area contributed by atoms with E-state index in [2.05, 4.69) is 25.8 Å². The first-order valence-corrected chi connectivity index (χ1v) is 10.9. The van der Waals surface area contributed by atoms with E-state index in [9.17, 15) is 14.0 Å². The summed E-state index contributed by atoms with van der Waals surface area (Å²) in [6.45, 7) is 1.55. The zero-order valence-corrected chi connectivity index (χ0v) is 17.4. The van der Waals surface area contributed by atoms with E-state index in [0.717, 1.165) is 44.6 Å². The van der Waals surface area contributed by atoms with Crippen molar-refractivity contribution >= 4 is 29.1 Å². The molecule has 7 nitrogen and oxygen atoms in total. The first-order chi connectivity index (χ1) is 15.1. The van der Waals surface area contributed by atoms with Gasteiger partial charge in [0.25, 0.3) is 0 Å². The lowest BCUT2D eigenvalue weighted by Crippen LogP contribution is -2.43. The highest BCUT2D eigenvalue weighted by atomic mass is 19.1. The summed E-state index contributed by atoms with van der Waals surface area (Å²) in [7, 11) is 0. The van der Waals surface area contributed by atoms with E-state index < -0.39 is 11.8 Å². The number of urea groups is 1. The molecule has 8 heteroatoms. The number of para-hydroxylation sites is 1. The Bertz CT molecular complexity index is 906. The number of nitrogens with one attached hydrogen (secondary N) is 3. The minimum atomic E-state index is -0.534. The molecule has 3 amide bonds. The summed E-state index contributed by atoms with van der Waals surface area (Å²) in [5, 5.41) is 8.34. The van der Waals surface area contributed by atoms with Crippen molar-refractivity contribution in [3.8, 4) is 0 Å². The molecule has 31 heavy (non-hydrogen) atoms. The highest BCUT2D eigenvalue weighted by molar-refractivity contribution is 5.99. The van der Waals surface area contributed by atoms with Crippen molar-refractivity contribution in [3.05, 3.63) is 48.4 Å². The van der Waals surface area contributed by atoms with Crippen LogP contribution in [0.1, 0.15) is 38.5 Å². The van der Waals surface area contributed by atoms with Gasteiger partial charge >= 0.3 is 6.03 Å². The van der Waals surface area contributed by atoms with Crippen LogP contribution in [0.15, 0.2) is 42.6 Å². The minimum Gasteiger partial charge on any atom is -0.357 e. The SMILES string of the molecule is O=C(Nc1ccc(N2CCC(C(=O)NC3CCCC3)CC2)nc1)Nc1ccccc1F. The van der Waals surface area contributed by atoms with Gasteiger partial charge in [-0.1, -0.05) is 25.0 Å². The fourth-order valence-electron chi connectivity index (χ4n) is 4.25. The molecule has 1 aromatic carbocycles. The highest BCUT2D eigenvalue weighted by Gasteiger charge is 2.27. The fraction of sp³-hybridized carbons (Fsp3) is 0.435. The van der Waals surface area contributed by atoms with Gasteiger partial charge in [-0.15, -0.1) is 0 Å². The predicted octanol–water partition coefficient (Wildman–Crippen LogP) is 4.14. The molecule has 0 unspecified atom stereocenters. The van der Waals surface area contributed by atoms with Crippen LogP contribution in [0.5, 0.6) is 0 Å². The molecule has 0 bridgehead atoms. The number of pyridine rings is 1. The first kappa shape index (κ1) is 21.1. The zero-order valence-electron chi connectivity index (χ0n) is 17.4. The van der Waals surface area contributed by atoms with Gasteiger partial charge in [0.05, 0.1) is 17.6 Å². The molecule has 1 saturated carbocycles. The Kier molecular flexibility index (Phi) is 6.64. The molecule has 1 aromatic heterocycles. The van der Waals surface area contributed by atoms with E-state index >= 15 is 0 Å². The van der Waals surface area contributed by atoms with Crippen molar-refractivity contribution in [1.82, 2.24) is 10.3 Å². The second kappa shape index (κ2) is 9.76. The Labute approximate surface area is 181 Å². The summed E-state index contributed by atoms with van der Waals surface area (Å²) in [4.78, 5) is 31.2. The molecule has 1 aliphatic carbocycles. The van der Waals surface area contributed by atoms with Crippen LogP contribution in [-0.2, 0) is 4.79 Å². The van der Waals surface area contributed by atoms with Crippen molar-refractivity contribution in [2.45, 2.75) is 44.6 Å². The Morgan fingerprint density at radius 3 is 2.39 bits per heavy atom. The van der Waals surface area contributed by atoms with Gasteiger partial charge in [-0.25, -0.2) is 14.2 Å². The van der Waals surface area contributed by atoms with Crippen molar-refractivity contribution in [2.24, 2.45) is 5.92 Å². The molecule has 3 N–H and O–H groups in total. The molecule has 164 valence electrons. The van der Waals surface area contributed by atoms with E-state index in [1.54, 1.807) is 24.4 Å². The number of nitrogens with zero attached hydrogens (tertiary/aromatic N) is 2. The minimum absolute atomic E-state index is 0.0693. The van der Waals surface area contributed by atoms with E-state index in [4.69, 9.17) is 0 Å². The van der Waals surface area contributed by atoms with Crippen molar-refractivity contribution in [2.75, 3.05) is 28.6 Å². The van der Waals surface area contributed by atoms with E-state index in [1.807, 2.05) is 6.07 Å². The van der Waals surface area contributed by atoms with Crippen LogP contribution >= 0.6 is 0 Å². The summed E-state index contributed by atoms with van der Waals surface area (Å²) < 4.78 is 13.6. The molecular formula is C23H28FN5O2. The molecule has 1 saturated heterocycles. The number of piperidine rings is 1. The van der Waals surface area contributed by atoms with Gasteiger partial charge < -0.3 is 20.9 Å². The number of rotatable bonds is 5. The van der Waals surface area contributed by atoms with Crippen LogP contribution < -0.4 is 20.9 Å². The molecule has 2 aromatic rings. The van der Waals surface area contributed by atoms with E-state index in [1.165, 1.54) is 25.0 Å². The number of anilines is 3. The summed E-state index contributed by atoms with van der Waals surface area (Å²) in [6.07, 6.45) is 7.83. The number of halogens is 1. The van der Waals surface area contributed by atoms with Crippen molar-refractivity contribution in [3.63, 3.8) is 0 Å². The van der Waals surface area contributed by atoms with Gasteiger partial charge in [0, 0.05) is 25.0 Å². The third-order valence-corrected chi connectivity index (χ3v) is 6.02. The number of amides is 3. The third kappa shape index (κ3) is 5.51. The molecule has 2 aliphatic rings. The van der Waals surface area contributed by atoms with Crippen LogP contribution in [0.4, 0.5) is 26.4 Å². The van der Waals surface area contributed by atoms with Gasteiger partial charge in [-0.05, 0) is 49.9 Å². The van der Waals surface area contributed by atoms with Crippen molar-refractivity contribution in [1.29, 1.82) is 0 Å². The highest BCUT2D eigenvalue weighted by Crippen LogP contribution is 2.24. The Hall–Kier alpha value is -3.16. The standard InChI is InChI=1S/C23H28FN5O2/c24-19-7-3-4-8-20(19)28-23(31)27-18-9-10-21(25-15-18)29-13-11-16(12-14-29)22(30)26-17-5-1-2-6-17/h3-4,7-10,15-17H,1-2,5-6,11-14H2,(H,26,30)(H2,27,28,31). The maximum absolute atomic E-state index is 13.6. The molecule has 0 radical (unpaired) electrons. The lowest BCUT2D eigenvalue weighted by molar-refractivity contribution is -0.126. The monoisotopic (exact) mass is 425 g/mol. The average Bonchev–Trinajstić information content (AvgIpc) is 3.29. The quantitative estimate of drug-likeness (QED) is 0.672. The second-order valence-electron chi connectivity index (χ2n) is 8.22. The number of carbonyl (C=O) groups is 2. The maximum Gasteiger partial charge on any atom is 0.323 e. The zero-order chi connectivity index (χ0) is 21.6. The number of hydrogen-bond donors (Lipinski definition) is 3. The second-order valence-corrected chi connectivity index (χ2v) is 8.22. The van der Waals surface area contributed by atoms with Crippen molar-refractivity contribution < 1.29 is 14.0 Å². The molecule has 0 spiro atoms. The topological polar surface area (TPSA) is 86.4 Å². The maximum atomic E-state index is 13.6. The predicted molar refractivity (Wildman–Crippen MR) is 119 cm³/mol. The Morgan fingerprint density at radius 1 is 0.968 bits per heavy atom. The molecule has 4 rings (SSSR count). The molecule has 2 heterocycles. The lowest BCUT2D eigenvalue weighted by Gasteiger charge is -2.32. The van der Waals surface area contributed by atoms with Gasteiger partial charge in [-0.2, -0.15) is 0 Å². The molecule has 0 atom stereocenters. The van der Waals surface area contributed by atoms with Crippen LogP contribution in [0.2, 0.25) is 0 Å². The Balaban J connectivity index is 1.25. The number of hydrogen-bond acceptors (Lipinski definition) is 4. The van der Waals surface area contributed by atoms with Gasteiger partial charge in [0.2, 0.25) is 5.91 Å². The fourth-order valence-corrected chi connectivity index (χ4v) is 4.25. The summed E-state index contributed by atoms with van der Waals surface area (Å²) in [6, 6.07) is 9.43. The molecule has 1 aliphatic heterocycles. The smallest absolute Gasteiger partial charge is 0.323 e. The number of aromatic nitrogens is 1. The van der Waals surface area contributed by atoms with Crippen LogP contribution in [0, 0.1) is 11.7 Å². The number of carbonyl (C=O) groups excluding carboxylic acids is 2. The normalized spacial score (nSPS) is 17.4. The lowest BCUT2D eigenvalue weighted by atomic mass is 9.95.